The monoisotopic (exact) mass is 427 g/mol. The molecular weight excluding hydrogens is 410 g/mol. The number of halogens is 1. The van der Waals surface area contributed by atoms with Gasteiger partial charge in [0.05, 0.1) is 11.8 Å². The van der Waals surface area contributed by atoms with E-state index >= 15 is 0 Å². The molecule has 154 valence electrons. The Hall–Kier alpha value is -3.19. The topological polar surface area (TPSA) is 103 Å². The van der Waals surface area contributed by atoms with Crippen molar-refractivity contribution < 1.29 is 29.0 Å². The summed E-state index contributed by atoms with van der Waals surface area (Å²) in [7, 11) is 0. The van der Waals surface area contributed by atoms with Gasteiger partial charge in [0.25, 0.3) is 0 Å². The zero-order chi connectivity index (χ0) is 21.8. The highest BCUT2D eigenvalue weighted by atomic mass is 35.5. The van der Waals surface area contributed by atoms with Gasteiger partial charge in [-0.15, -0.1) is 0 Å². The van der Waals surface area contributed by atoms with Crippen molar-refractivity contribution in [3.05, 3.63) is 75.5 Å². The van der Waals surface area contributed by atoms with Gasteiger partial charge in [0.1, 0.15) is 22.1 Å². The Bertz CT molecular complexity index is 1120. The zero-order valence-electron chi connectivity index (χ0n) is 16.5. The van der Waals surface area contributed by atoms with Gasteiger partial charge >= 0.3 is 5.97 Å². The number of aromatic nitrogens is 1. The Morgan fingerprint density at radius 2 is 2.00 bits per heavy atom. The summed E-state index contributed by atoms with van der Waals surface area (Å²) in [6.45, 7) is 5.21. The first-order valence-electron chi connectivity index (χ1n) is 9.20. The highest BCUT2D eigenvalue weighted by Crippen LogP contribution is 2.46. The molecule has 8 heteroatoms. The maximum Gasteiger partial charge on any atom is 0.343 e. The second kappa shape index (κ2) is 6.67. The van der Waals surface area contributed by atoms with Crippen LogP contribution < -0.4 is 0 Å². The quantitative estimate of drug-likeness (QED) is 0.258. The van der Waals surface area contributed by atoms with Crippen molar-refractivity contribution >= 4 is 29.1 Å². The molecule has 1 unspecified atom stereocenters. The number of ketones is 2. The van der Waals surface area contributed by atoms with E-state index in [-0.39, 0.29) is 21.9 Å². The SMILES string of the molecule is CC1(C)CC2=CC3=C(/C(O)=C\C(=O)c4ccc(Cl)nc4)C(=O)OC3(C)C(=O)C2=CO1. The number of rotatable bonds is 3. The fourth-order valence-corrected chi connectivity index (χ4v) is 3.82. The number of hydrogen-bond acceptors (Lipinski definition) is 7. The van der Waals surface area contributed by atoms with E-state index in [0.717, 1.165) is 6.08 Å². The lowest BCUT2D eigenvalue weighted by molar-refractivity contribution is -0.153. The third-order valence-corrected chi connectivity index (χ3v) is 5.50. The van der Waals surface area contributed by atoms with Gasteiger partial charge in [-0.3, -0.25) is 9.59 Å². The maximum atomic E-state index is 13.1. The van der Waals surface area contributed by atoms with Crippen LogP contribution in [-0.2, 0) is 19.1 Å². The van der Waals surface area contributed by atoms with E-state index in [2.05, 4.69) is 4.98 Å². The van der Waals surface area contributed by atoms with Crippen LogP contribution in [-0.4, -0.2) is 38.8 Å². The third-order valence-electron chi connectivity index (χ3n) is 5.27. The molecule has 1 N–H and O–H groups in total. The van der Waals surface area contributed by atoms with Crippen LogP contribution in [0.5, 0.6) is 0 Å². The summed E-state index contributed by atoms with van der Waals surface area (Å²) in [5.74, 6) is -2.47. The smallest absolute Gasteiger partial charge is 0.343 e. The van der Waals surface area contributed by atoms with Crippen LogP contribution >= 0.6 is 11.6 Å². The average molecular weight is 428 g/mol. The number of allylic oxidation sites excluding steroid dienone is 1. The molecule has 4 rings (SSSR count). The number of carbonyl (C=O) groups excluding carboxylic acids is 3. The molecule has 0 bridgehead atoms. The largest absolute Gasteiger partial charge is 0.507 e. The molecule has 0 saturated carbocycles. The normalized spacial score (nSPS) is 25.0. The molecule has 3 heterocycles. The lowest BCUT2D eigenvalue weighted by Gasteiger charge is -2.37. The number of aliphatic hydroxyl groups excluding tert-OH is 1. The number of pyridine rings is 1. The van der Waals surface area contributed by atoms with Crippen LogP contribution in [0.15, 0.2) is 64.8 Å². The number of fused-ring (bicyclic) bond motifs is 2. The molecule has 7 nitrogen and oxygen atoms in total. The van der Waals surface area contributed by atoms with Crippen LogP contribution in [0, 0.1) is 0 Å². The minimum absolute atomic E-state index is 0.181. The molecule has 0 fully saturated rings. The minimum Gasteiger partial charge on any atom is -0.507 e. The van der Waals surface area contributed by atoms with E-state index in [1.54, 1.807) is 6.08 Å². The van der Waals surface area contributed by atoms with E-state index in [9.17, 15) is 19.5 Å². The van der Waals surface area contributed by atoms with Crippen molar-refractivity contribution in [3.63, 3.8) is 0 Å². The van der Waals surface area contributed by atoms with Gasteiger partial charge in [-0.1, -0.05) is 11.6 Å². The van der Waals surface area contributed by atoms with Crippen LogP contribution in [0.1, 0.15) is 37.6 Å². The van der Waals surface area contributed by atoms with Crippen LogP contribution in [0.25, 0.3) is 0 Å². The van der Waals surface area contributed by atoms with Crippen molar-refractivity contribution in [3.8, 4) is 0 Å². The molecule has 1 aromatic rings. The van der Waals surface area contributed by atoms with Gasteiger partial charge in [0.15, 0.2) is 11.4 Å². The molecule has 0 aromatic carbocycles. The number of carbonyl (C=O) groups is 3. The van der Waals surface area contributed by atoms with Gasteiger partial charge in [-0.25, -0.2) is 9.78 Å². The van der Waals surface area contributed by atoms with Crippen molar-refractivity contribution in [1.29, 1.82) is 0 Å². The zero-order valence-corrected chi connectivity index (χ0v) is 17.2. The highest BCUT2D eigenvalue weighted by Gasteiger charge is 2.54. The number of nitrogens with zero attached hydrogens (tertiary/aromatic N) is 1. The van der Waals surface area contributed by atoms with E-state index < -0.39 is 34.5 Å². The summed E-state index contributed by atoms with van der Waals surface area (Å²) in [4.78, 5) is 41.9. The van der Waals surface area contributed by atoms with E-state index in [0.29, 0.717) is 17.6 Å². The Morgan fingerprint density at radius 1 is 1.27 bits per heavy atom. The molecule has 2 aliphatic heterocycles. The number of aliphatic hydroxyl groups is 1. The second-order valence-corrected chi connectivity index (χ2v) is 8.45. The second-order valence-electron chi connectivity index (χ2n) is 8.06. The van der Waals surface area contributed by atoms with Crippen LogP contribution in [0.3, 0.4) is 0 Å². The third kappa shape index (κ3) is 3.15. The average Bonchev–Trinajstić information content (AvgIpc) is 2.92. The molecule has 1 atom stereocenters. The lowest BCUT2D eigenvalue weighted by atomic mass is 9.74. The molecule has 3 aliphatic rings. The first-order chi connectivity index (χ1) is 14.0. The Labute approximate surface area is 177 Å². The van der Waals surface area contributed by atoms with Gasteiger partial charge < -0.3 is 14.6 Å². The fraction of sp³-hybridized carbons (Fsp3) is 0.273. The predicted molar refractivity (Wildman–Crippen MR) is 107 cm³/mol. The molecule has 1 aliphatic carbocycles. The summed E-state index contributed by atoms with van der Waals surface area (Å²) >= 11 is 5.72. The standard InChI is InChI=1S/C22H18ClNO6/c1-21(2)8-12-6-14-18(16(26)7-15(25)11-4-5-17(23)24-9-11)20(28)30-22(14,3)19(27)13(12)10-29-21/h4-7,9-10,26H,8H2,1-3H3/b16-7+. The predicted octanol–water partition coefficient (Wildman–Crippen LogP) is 3.56. The van der Waals surface area contributed by atoms with Gasteiger partial charge in [0, 0.05) is 29.8 Å². The van der Waals surface area contributed by atoms with Crippen molar-refractivity contribution in [2.75, 3.05) is 0 Å². The Morgan fingerprint density at radius 3 is 2.67 bits per heavy atom. The molecule has 0 amide bonds. The van der Waals surface area contributed by atoms with Gasteiger partial charge in [-0.05, 0) is 44.6 Å². The number of ether oxygens (including phenoxy) is 2. The molecular formula is C22H18ClNO6. The molecule has 0 spiro atoms. The lowest BCUT2D eigenvalue weighted by Crippen LogP contribution is -2.43. The van der Waals surface area contributed by atoms with Crippen LogP contribution in [0.4, 0.5) is 0 Å². The first-order valence-corrected chi connectivity index (χ1v) is 9.58. The van der Waals surface area contributed by atoms with Crippen molar-refractivity contribution in [2.45, 2.75) is 38.4 Å². The summed E-state index contributed by atoms with van der Waals surface area (Å²) < 4.78 is 11.0. The molecule has 1 aromatic heterocycles. The van der Waals surface area contributed by atoms with E-state index in [1.807, 2.05) is 13.8 Å². The fourth-order valence-electron chi connectivity index (χ4n) is 3.71. The summed E-state index contributed by atoms with van der Waals surface area (Å²) in [5, 5.41) is 10.8. The maximum absolute atomic E-state index is 13.1. The highest BCUT2D eigenvalue weighted by molar-refractivity contribution is 6.29. The number of Topliss-reactive ketones (excluding diaryl/α,β-unsaturated/α-hetero) is 1. The molecule has 0 radical (unpaired) electrons. The molecule has 0 saturated heterocycles. The molecule has 30 heavy (non-hydrogen) atoms. The summed E-state index contributed by atoms with van der Waals surface area (Å²) in [6, 6.07) is 2.89. The Kier molecular flexibility index (Phi) is 4.47. The van der Waals surface area contributed by atoms with Gasteiger partial charge in [-0.2, -0.15) is 0 Å². The van der Waals surface area contributed by atoms with Crippen molar-refractivity contribution in [2.24, 2.45) is 0 Å². The summed E-state index contributed by atoms with van der Waals surface area (Å²) in [6.07, 6.45) is 5.65. The van der Waals surface area contributed by atoms with E-state index in [1.165, 1.54) is 31.5 Å². The summed E-state index contributed by atoms with van der Waals surface area (Å²) in [5.41, 5.74) is -0.917. The Balaban J connectivity index is 1.80. The first kappa shape index (κ1) is 20.1. The van der Waals surface area contributed by atoms with Gasteiger partial charge in [0.2, 0.25) is 5.78 Å². The van der Waals surface area contributed by atoms with E-state index in [4.69, 9.17) is 21.1 Å². The van der Waals surface area contributed by atoms with Crippen molar-refractivity contribution in [1.82, 2.24) is 4.98 Å². The number of esters is 1. The van der Waals surface area contributed by atoms with Crippen LogP contribution in [0.2, 0.25) is 5.15 Å². The minimum atomic E-state index is -1.60. The number of hydrogen-bond donors (Lipinski definition) is 1.